The van der Waals surface area contributed by atoms with Gasteiger partial charge in [-0.2, -0.15) is 0 Å². The molecule has 1 aliphatic heterocycles. The topological polar surface area (TPSA) is 56.3 Å². The van der Waals surface area contributed by atoms with Crippen LogP contribution in [0.3, 0.4) is 0 Å². The molecule has 25 heavy (non-hydrogen) atoms. The third-order valence-electron chi connectivity index (χ3n) is 4.47. The van der Waals surface area contributed by atoms with Gasteiger partial charge in [0.2, 0.25) is 0 Å². The highest BCUT2D eigenvalue weighted by Gasteiger charge is 2.18. The molecule has 1 N–H and O–H groups in total. The van der Waals surface area contributed by atoms with Gasteiger partial charge in [-0.3, -0.25) is 0 Å². The molecule has 0 aliphatic carbocycles. The van der Waals surface area contributed by atoms with Gasteiger partial charge in [0, 0.05) is 24.1 Å². The minimum Gasteiger partial charge on any atom is -0.497 e. The Hall–Kier alpha value is -2.18. The van der Waals surface area contributed by atoms with E-state index >= 15 is 0 Å². The average molecular weight is 355 g/mol. The molecule has 1 fully saturated rings. The highest BCUT2D eigenvalue weighted by molar-refractivity contribution is 7.17. The molecular weight excluding hydrogens is 334 g/mol. The lowest BCUT2D eigenvalue weighted by Gasteiger charge is -2.13. The van der Waals surface area contributed by atoms with Crippen LogP contribution >= 0.6 is 11.3 Å². The second-order valence-corrected chi connectivity index (χ2v) is 7.05. The second-order valence-electron chi connectivity index (χ2n) is 6.19. The Balaban J connectivity index is 1.71. The van der Waals surface area contributed by atoms with Gasteiger partial charge in [0.15, 0.2) is 0 Å². The number of methoxy groups -OCH3 is 1. The van der Waals surface area contributed by atoms with Crippen LogP contribution < -0.4 is 10.1 Å². The first-order chi connectivity index (χ1) is 12.2. The van der Waals surface area contributed by atoms with Crippen LogP contribution in [-0.2, 0) is 4.74 Å². The molecule has 130 valence electrons. The SMILES string of the molecule is COc1ccc(-c2csc3nc(C)nc(NCC4CCCO4)c23)cc1. The van der Waals surface area contributed by atoms with Crippen molar-refractivity contribution in [2.24, 2.45) is 0 Å². The number of hydrogen-bond acceptors (Lipinski definition) is 6. The summed E-state index contributed by atoms with van der Waals surface area (Å²) in [5, 5.41) is 6.73. The molecule has 0 bridgehead atoms. The normalized spacial score (nSPS) is 17.1. The van der Waals surface area contributed by atoms with Gasteiger partial charge < -0.3 is 14.8 Å². The van der Waals surface area contributed by atoms with E-state index < -0.39 is 0 Å². The number of nitrogens with zero attached hydrogens (tertiary/aromatic N) is 2. The van der Waals surface area contributed by atoms with Crippen LogP contribution in [0.15, 0.2) is 29.6 Å². The van der Waals surface area contributed by atoms with E-state index in [1.165, 1.54) is 0 Å². The summed E-state index contributed by atoms with van der Waals surface area (Å²) < 4.78 is 11.0. The molecule has 6 heteroatoms. The van der Waals surface area contributed by atoms with Crippen molar-refractivity contribution in [2.75, 3.05) is 25.6 Å². The highest BCUT2D eigenvalue weighted by atomic mass is 32.1. The number of hydrogen-bond donors (Lipinski definition) is 1. The van der Waals surface area contributed by atoms with Gasteiger partial charge in [0.25, 0.3) is 0 Å². The molecule has 4 rings (SSSR count). The quantitative estimate of drug-likeness (QED) is 0.741. The lowest BCUT2D eigenvalue weighted by atomic mass is 10.1. The van der Waals surface area contributed by atoms with Crippen molar-refractivity contribution < 1.29 is 9.47 Å². The zero-order valence-corrected chi connectivity index (χ0v) is 15.2. The molecule has 0 spiro atoms. The van der Waals surface area contributed by atoms with Crippen LogP contribution in [0.4, 0.5) is 5.82 Å². The van der Waals surface area contributed by atoms with Gasteiger partial charge in [0.05, 0.1) is 18.6 Å². The number of ether oxygens (including phenoxy) is 2. The third-order valence-corrected chi connectivity index (χ3v) is 5.34. The monoisotopic (exact) mass is 355 g/mol. The van der Waals surface area contributed by atoms with Gasteiger partial charge in [-0.05, 0) is 37.5 Å². The molecular formula is C19H21N3O2S. The Kier molecular flexibility index (Phi) is 4.55. The van der Waals surface area contributed by atoms with Crippen LogP contribution in [0, 0.1) is 6.92 Å². The van der Waals surface area contributed by atoms with Gasteiger partial charge in [-0.25, -0.2) is 9.97 Å². The Morgan fingerprint density at radius 2 is 2.12 bits per heavy atom. The van der Waals surface area contributed by atoms with E-state index in [1.807, 2.05) is 19.1 Å². The summed E-state index contributed by atoms with van der Waals surface area (Å²) in [6.07, 6.45) is 2.52. The van der Waals surface area contributed by atoms with Gasteiger partial charge in [0.1, 0.15) is 22.2 Å². The number of aromatic nitrogens is 2. The standard InChI is InChI=1S/C19H21N3O2S/c1-12-21-18(20-10-15-4-3-9-24-15)17-16(11-25-19(17)22-12)13-5-7-14(23-2)8-6-13/h5-8,11,15H,3-4,9-10H2,1-2H3,(H,20,21,22). The molecule has 5 nitrogen and oxygen atoms in total. The Morgan fingerprint density at radius 3 is 2.84 bits per heavy atom. The zero-order valence-electron chi connectivity index (χ0n) is 14.4. The maximum atomic E-state index is 5.72. The van der Waals surface area contributed by atoms with Crippen molar-refractivity contribution in [2.45, 2.75) is 25.9 Å². The van der Waals surface area contributed by atoms with Crippen LogP contribution in [0.5, 0.6) is 5.75 Å². The van der Waals surface area contributed by atoms with Gasteiger partial charge >= 0.3 is 0 Å². The number of thiophene rings is 1. The highest BCUT2D eigenvalue weighted by Crippen LogP contribution is 2.37. The van der Waals surface area contributed by atoms with Crippen LogP contribution in [0.1, 0.15) is 18.7 Å². The van der Waals surface area contributed by atoms with Crippen molar-refractivity contribution in [1.29, 1.82) is 0 Å². The number of rotatable bonds is 5. The molecule has 3 aromatic rings. The second kappa shape index (κ2) is 6.98. The zero-order chi connectivity index (χ0) is 17.2. The van der Waals surface area contributed by atoms with E-state index in [-0.39, 0.29) is 6.10 Å². The Morgan fingerprint density at radius 1 is 1.28 bits per heavy atom. The molecule has 1 atom stereocenters. The summed E-state index contributed by atoms with van der Waals surface area (Å²) in [6, 6.07) is 8.11. The van der Waals surface area contributed by atoms with Crippen molar-refractivity contribution in [1.82, 2.24) is 9.97 Å². The maximum Gasteiger partial charge on any atom is 0.139 e. The first-order valence-corrected chi connectivity index (χ1v) is 9.38. The van der Waals surface area contributed by atoms with E-state index in [1.54, 1.807) is 18.4 Å². The summed E-state index contributed by atoms with van der Waals surface area (Å²) in [4.78, 5) is 10.3. The first kappa shape index (κ1) is 16.3. The largest absolute Gasteiger partial charge is 0.497 e. The number of fused-ring (bicyclic) bond motifs is 1. The summed E-state index contributed by atoms with van der Waals surface area (Å²) in [5.74, 6) is 2.53. The van der Waals surface area contributed by atoms with Gasteiger partial charge in [-0.15, -0.1) is 11.3 Å². The summed E-state index contributed by atoms with van der Waals surface area (Å²) in [5.41, 5.74) is 2.29. The van der Waals surface area contributed by atoms with E-state index in [0.29, 0.717) is 0 Å². The maximum absolute atomic E-state index is 5.72. The Bertz CT molecular complexity index is 870. The number of benzene rings is 1. The molecule has 0 radical (unpaired) electrons. The fraction of sp³-hybridized carbons (Fsp3) is 0.368. The predicted molar refractivity (Wildman–Crippen MR) is 102 cm³/mol. The van der Waals surface area contributed by atoms with Crippen LogP contribution in [0.2, 0.25) is 0 Å². The fourth-order valence-electron chi connectivity index (χ4n) is 3.18. The minimum atomic E-state index is 0.272. The van der Waals surface area contributed by atoms with Crippen LogP contribution in [0.25, 0.3) is 21.3 Å². The molecule has 0 amide bonds. The predicted octanol–water partition coefficient (Wildman–Crippen LogP) is 4.27. The number of aryl methyl sites for hydroxylation is 1. The molecule has 1 aliphatic rings. The molecule has 1 aromatic carbocycles. The number of anilines is 1. The van der Waals surface area contributed by atoms with Crippen molar-refractivity contribution >= 4 is 27.4 Å². The third kappa shape index (κ3) is 3.32. The lowest BCUT2D eigenvalue weighted by molar-refractivity contribution is 0.120. The van der Waals surface area contributed by atoms with Gasteiger partial charge in [-0.1, -0.05) is 12.1 Å². The number of nitrogens with one attached hydrogen (secondary N) is 1. The van der Waals surface area contributed by atoms with Crippen LogP contribution in [-0.4, -0.2) is 36.3 Å². The summed E-state index contributed by atoms with van der Waals surface area (Å²) in [6.45, 7) is 3.58. The molecule has 3 heterocycles. The van der Waals surface area contributed by atoms with E-state index in [9.17, 15) is 0 Å². The van der Waals surface area contributed by atoms with E-state index in [0.717, 1.165) is 64.7 Å². The Labute approximate surface area is 151 Å². The smallest absolute Gasteiger partial charge is 0.139 e. The molecule has 2 aromatic heterocycles. The average Bonchev–Trinajstić information content (AvgIpc) is 3.29. The molecule has 1 unspecified atom stereocenters. The van der Waals surface area contributed by atoms with Crippen molar-refractivity contribution in [3.05, 3.63) is 35.5 Å². The van der Waals surface area contributed by atoms with E-state index in [4.69, 9.17) is 9.47 Å². The minimum absolute atomic E-state index is 0.272. The first-order valence-electron chi connectivity index (χ1n) is 8.50. The molecule has 0 saturated carbocycles. The summed E-state index contributed by atoms with van der Waals surface area (Å²) in [7, 11) is 1.68. The van der Waals surface area contributed by atoms with Crippen molar-refractivity contribution in [3.8, 4) is 16.9 Å². The van der Waals surface area contributed by atoms with Crippen molar-refractivity contribution in [3.63, 3.8) is 0 Å². The summed E-state index contributed by atoms with van der Waals surface area (Å²) >= 11 is 1.65. The molecule has 1 saturated heterocycles. The lowest BCUT2D eigenvalue weighted by Crippen LogP contribution is -2.19. The fourth-order valence-corrected chi connectivity index (χ4v) is 4.17. The van der Waals surface area contributed by atoms with E-state index in [2.05, 4.69) is 32.8 Å².